The predicted molar refractivity (Wildman–Crippen MR) is 137 cm³/mol. The molecule has 1 saturated heterocycles. The Morgan fingerprint density at radius 3 is 1.85 bits per heavy atom. The monoisotopic (exact) mass is 484 g/mol. The number of ether oxygens (including phenoxy) is 2. The van der Waals surface area contributed by atoms with Gasteiger partial charge in [-0.2, -0.15) is 0 Å². The third-order valence-electron chi connectivity index (χ3n) is 6.63. The minimum absolute atomic E-state index is 0.0203. The molecule has 200 valence electrons. The van der Waals surface area contributed by atoms with E-state index in [9.17, 15) is 20.1 Å². The van der Waals surface area contributed by atoms with Crippen molar-refractivity contribution in [2.45, 2.75) is 147 Å². The lowest BCUT2D eigenvalue weighted by Crippen LogP contribution is -2.41. The quantitative estimate of drug-likeness (QED) is 0.105. The lowest BCUT2D eigenvalue weighted by molar-refractivity contribution is -0.151. The van der Waals surface area contributed by atoms with Gasteiger partial charge >= 0.3 is 5.97 Å². The van der Waals surface area contributed by atoms with E-state index in [1.165, 1.54) is 89.9 Å². The van der Waals surface area contributed by atoms with E-state index in [1.807, 2.05) is 0 Å². The van der Waals surface area contributed by atoms with E-state index in [0.29, 0.717) is 6.42 Å². The maximum atomic E-state index is 11.8. The molecule has 1 aliphatic rings. The number of carbonyl (C=O) groups excluding carboxylic acids is 1. The van der Waals surface area contributed by atoms with Crippen LogP contribution in [0.1, 0.15) is 122 Å². The van der Waals surface area contributed by atoms with Crippen LogP contribution in [0.25, 0.3) is 0 Å². The van der Waals surface area contributed by atoms with E-state index in [-0.39, 0.29) is 19.2 Å². The highest BCUT2D eigenvalue weighted by molar-refractivity contribution is 5.69. The van der Waals surface area contributed by atoms with E-state index in [1.54, 1.807) is 0 Å². The van der Waals surface area contributed by atoms with E-state index in [2.05, 4.69) is 19.1 Å². The molecule has 0 amide bonds. The summed E-state index contributed by atoms with van der Waals surface area (Å²) in [7, 11) is 0. The molecule has 0 saturated carbocycles. The fourth-order valence-electron chi connectivity index (χ4n) is 4.36. The van der Waals surface area contributed by atoms with E-state index >= 15 is 0 Å². The number of aliphatic hydroxyl groups is 3. The van der Waals surface area contributed by atoms with Crippen molar-refractivity contribution in [1.82, 2.24) is 0 Å². The van der Waals surface area contributed by atoms with E-state index < -0.39 is 24.4 Å². The average molecular weight is 485 g/mol. The van der Waals surface area contributed by atoms with Crippen LogP contribution >= 0.6 is 0 Å². The summed E-state index contributed by atoms with van der Waals surface area (Å²) < 4.78 is 10.2. The Balaban J connectivity index is 1.80. The molecule has 0 unspecified atom stereocenters. The first-order chi connectivity index (χ1) is 16.6. The second kappa shape index (κ2) is 21.3. The molecule has 6 nitrogen and oxygen atoms in total. The van der Waals surface area contributed by atoms with Crippen molar-refractivity contribution in [1.29, 1.82) is 0 Å². The van der Waals surface area contributed by atoms with Gasteiger partial charge in [0.15, 0.2) is 0 Å². The Bertz CT molecular complexity index is 509. The van der Waals surface area contributed by atoms with Crippen molar-refractivity contribution < 1.29 is 29.6 Å². The zero-order chi connectivity index (χ0) is 24.9. The zero-order valence-corrected chi connectivity index (χ0v) is 21.7. The maximum Gasteiger partial charge on any atom is 0.305 e. The highest BCUT2D eigenvalue weighted by atomic mass is 16.6. The fourth-order valence-corrected chi connectivity index (χ4v) is 4.36. The lowest BCUT2D eigenvalue weighted by atomic mass is 10.1. The number of hydrogen-bond donors (Lipinski definition) is 3. The predicted octanol–water partition coefficient (Wildman–Crippen LogP) is 5.61. The second-order valence-electron chi connectivity index (χ2n) is 9.85. The summed E-state index contributed by atoms with van der Waals surface area (Å²) in [4.78, 5) is 11.8. The molecule has 0 radical (unpaired) electrons. The van der Waals surface area contributed by atoms with Crippen molar-refractivity contribution in [2.24, 2.45) is 0 Å². The molecule has 3 N–H and O–H groups in total. The van der Waals surface area contributed by atoms with Crippen molar-refractivity contribution >= 4 is 5.97 Å². The lowest BCUT2D eigenvalue weighted by Gasteiger charge is -2.20. The van der Waals surface area contributed by atoms with E-state index in [4.69, 9.17) is 9.47 Å². The number of carbonyl (C=O) groups is 1. The van der Waals surface area contributed by atoms with Crippen LogP contribution in [0.15, 0.2) is 12.2 Å². The Kier molecular flexibility index (Phi) is 19.5. The van der Waals surface area contributed by atoms with Crippen LogP contribution in [-0.4, -0.2) is 58.9 Å². The summed E-state index contributed by atoms with van der Waals surface area (Å²) in [5.74, 6) is -0.340. The molecule has 1 rings (SSSR count). The van der Waals surface area contributed by atoms with E-state index in [0.717, 1.165) is 19.3 Å². The number of hydrogen-bond acceptors (Lipinski definition) is 6. The standard InChI is InChI=1S/C28H52O6/c1-2-3-4-5-6-7-8-9-10-11-12-13-14-15-16-17-18-19-20-21-26(31)33-23-25(30)28-27(32)24(29)22-34-28/h9-10,24-25,27-30,32H,2-8,11-23H2,1H3/b10-9-/t24-,25+,27+,28+/m0/s1. The Morgan fingerprint density at radius 2 is 1.35 bits per heavy atom. The van der Waals surface area contributed by atoms with Gasteiger partial charge in [-0.15, -0.1) is 0 Å². The molecule has 1 fully saturated rings. The summed E-state index contributed by atoms with van der Waals surface area (Å²) >= 11 is 0. The van der Waals surface area contributed by atoms with Gasteiger partial charge in [-0.05, 0) is 32.1 Å². The van der Waals surface area contributed by atoms with Gasteiger partial charge in [0, 0.05) is 6.42 Å². The second-order valence-corrected chi connectivity index (χ2v) is 9.85. The summed E-state index contributed by atoms with van der Waals surface area (Å²) in [6, 6.07) is 0. The largest absolute Gasteiger partial charge is 0.463 e. The van der Waals surface area contributed by atoms with Crippen LogP contribution in [0.3, 0.4) is 0 Å². The number of rotatable bonds is 22. The molecule has 0 aliphatic carbocycles. The molecule has 1 aliphatic heterocycles. The minimum atomic E-state index is -1.15. The molecule has 1 heterocycles. The summed E-state index contributed by atoms with van der Waals surface area (Å²) in [6.45, 7) is 2.02. The van der Waals surface area contributed by atoms with Crippen molar-refractivity contribution in [3.05, 3.63) is 12.2 Å². The normalized spacial score (nSPS) is 21.4. The molecular formula is C28H52O6. The van der Waals surface area contributed by atoms with Gasteiger partial charge in [-0.1, -0.05) is 96.1 Å². The van der Waals surface area contributed by atoms with Gasteiger partial charge < -0.3 is 24.8 Å². The number of allylic oxidation sites excluding steroid dienone is 2. The zero-order valence-electron chi connectivity index (χ0n) is 21.7. The number of unbranched alkanes of at least 4 members (excludes halogenated alkanes) is 15. The van der Waals surface area contributed by atoms with Crippen LogP contribution < -0.4 is 0 Å². The van der Waals surface area contributed by atoms with Gasteiger partial charge in [-0.3, -0.25) is 4.79 Å². The van der Waals surface area contributed by atoms with Gasteiger partial charge in [0.25, 0.3) is 0 Å². The molecule has 0 spiro atoms. The van der Waals surface area contributed by atoms with Gasteiger partial charge in [0.2, 0.25) is 0 Å². The van der Waals surface area contributed by atoms with Crippen LogP contribution in [0.5, 0.6) is 0 Å². The van der Waals surface area contributed by atoms with Crippen LogP contribution in [0.4, 0.5) is 0 Å². The first-order valence-corrected chi connectivity index (χ1v) is 14.0. The SMILES string of the molecule is CCCCCCCC/C=C\CCCCCCCCCCCC(=O)OC[C@@H](O)[C@H]1OC[C@H](O)[C@H]1O. The van der Waals surface area contributed by atoms with Gasteiger partial charge in [0.1, 0.15) is 31.0 Å². The van der Waals surface area contributed by atoms with Crippen LogP contribution in [0.2, 0.25) is 0 Å². The maximum absolute atomic E-state index is 11.8. The summed E-state index contributed by atoms with van der Waals surface area (Å²) in [5.41, 5.74) is 0. The first kappa shape index (κ1) is 31.1. The molecule has 0 aromatic carbocycles. The minimum Gasteiger partial charge on any atom is -0.463 e. The van der Waals surface area contributed by atoms with Crippen molar-refractivity contribution in [2.75, 3.05) is 13.2 Å². The van der Waals surface area contributed by atoms with Crippen LogP contribution in [-0.2, 0) is 14.3 Å². The molecular weight excluding hydrogens is 432 g/mol. The first-order valence-electron chi connectivity index (χ1n) is 14.0. The fraction of sp³-hybridized carbons (Fsp3) is 0.893. The Morgan fingerprint density at radius 1 is 0.853 bits per heavy atom. The van der Waals surface area contributed by atoms with Crippen molar-refractivity contribution in [3.63, 3.8) is 0 Å². The number of aliphatic hydroxyl groups excluding tert-OH is 3. The average Bonchev–Trinajstić information content (AvgIpc) is 3.17. The summed E-state index contributed by atoms with van der Waals surface area (Å²) in [5, 5.41) is 29.1. The molecule has 0 bridgehead atoms. The highest BCUT2D eigenvalue weighted by Crippen LogP contribution is 2.18. The molecule has 0 aromatic rings. The molecule has 6 heteroatoms. The topological polar surface area (TPSA) is 96.2 Å². The van der Waals surface area contributed by atoms with Gasteiger partial charge in [0.05, 0.1) is 6.61 Å². The highest BCUT2D eigenvalue weighted by Gasteiger charge is 2.39. The Labute approximate surface area is 208 Å². The van der Waals surface area contributed by atoms with Crippen molar-refractivity contribution in [3.8, 4) is 0 Å². The third-order valence-corrected chi connectivity index (χ3v) is 6.63. The third kappa shape index (κ3) is 15.9. The Hall–Kier alpha value is -0.950. The molecule has 0 aromatic heterocycles. The molecule has 34 heavy (non-hydrogen) atoms. The molecule has 4 atom stereocenters. The van der Waals surface area contributed by atoms with Gasteiger partial charge in [-0.25, -0.2) is 0 Å². The smallest absolute Gasteiger partial charge is 0.305 e. The summed E-state index contributed by atoms with van der Waals surface area (Å²) in [6.07, 6.45) is 22.3. The number of esters is 1. The van der Waals surface area contributed by atoms with Crippen LogP contribution in [0, 0.1) is 0 Å².